The zero-order valence-electron chi connectivity index (χ0n) is 15.8. The van der Waals surface area contributed by atoms with Crippen LogP contribution in [-0.4, -0.2) is 28.9 Å². The first-order valence-electron chi connectivity index (χ1n) is 9.71. The Hall–Kier alpha value is -2.86. The number of amides is 2. The molecule has 2 heterocycles. The van der Waals surface area contributed by atoms with Crippen molar-refractivity contribution in [3.05, 3.63) is 70.7 Å². The topological polar surface area (TPSA) is 80.3 Å². The molecule has 7 heteroatoms. The summed E-state index contributed by atoms with van der Waals surface area (Å²) >= 11 is 6.18. The van der Waals surface area contributed by atoms with E-state index in [-0.39, 0.29) is 35.6 Å². The lowest BCUT2D eigenvalue weighted by Crippen LogP contribution is -2.54. The minimum absolute atomic E-state index is 0.0132. The number of benzene rings is 1. The van der Waals surface area contributed by atoms with Gasteiger partial charge < -0.3 is 15.4 Å². The second-order valence-corrected chi connectivity index (χ2v) is 7.72. The van der Waals surface area contributed by atoms with Crippen molar-refractivity contribution in [2.45, 2.75) is 38.0 Å². The summed E-state index contributed by atoms with van der Waals surface area (Å²) in [5.74, 6) is -0.183. The van der Waals surface area contributed by atoms with Gasteiger partial charge in [0.05, 0.1) is 18.3 Å². The number of carbonyl (C=O) groups excluding carboxylic acids is 2. The third-order valence-electron chi connectivity index (χ3n) is 5.34. The second kappa shape index (κ2) is 8.66. The Kier molecular flexibility index (Phi) is 5.81. The first kappa shape index (κ1) is 19.5. The van der Waals surface area contributed by atoms with Crippen LogP contribution in [0.5, 0.6) is 0 Å². The molecular weight excluding hydrogens is 390 g/mol. The van der Waals surface area contributed by atoms with E-state index in [2.05, 4.69) is 15.6 Å². The summed E-state index contributed by atoms with van der Waals surface area (Å²) in [6.45, 7) is 0.401. The Balaban J connectivity index is 1.36. The number of halogens is 1. The van der Waals surface area contributed by atoms with Gasteiger partial charge in [0.15, 0.2) is 5.76 Å². The van der Waals surface area contributed by atoms with Crippen molar-refractivity contribution in [3.63, 3.8) is 0 Å². The molecule has 1 saturated heterocycles. The quantitative estimate of drug-likeness (QED) is 0.758. The lowest BCUT2D eigenvalue weighted by atomic mass is 9.82. The van der Waals surface area contributed by atoms with Gasteiger partial charge in [-0.25, -0.2) is 0 Å². The third-order valence-corrected chi connectivity index (χ3v) is 5.68. The summed E-state index contributed by atoms with van der Waals surface area (Å²) in [5.41, 5.74) is 1.55. The SMILES string of the molecule is O=C1NC2CC(C(=O)NCc3ccccn3)CCC2O/C1=C\c1ccccc1Cl. The molecular formula is C22H22ClN3O3. The summed E-state index contributed by atoms with van der Waals surface area (Å²) in [5, 5.41) is 6.50. The number of fused-ring (bicyclic) bond motifs is 1. The molecule has 6 nitrogen and oxygen atoms in total. The van der Waals surface area contributed by atoms with Gasteiger partial charge in [-0.15, -0.1) is 0 Å². The van der Waals surface area contributed by atoms with Gasteiger partial charge in [-0.1, -0.05) is 35.9 Å². The molecule has 1 aliphatic carbocycles. The molecule has 0 spiro atoms. The molecule has 29 heavy (non-hydrogen) atoms. The van der Waals surface area contributed by atoms with Crippen LogP contribution in [0.4, 0.5) is 0 Å². The third kappa shape index (κ3) is 4.59. The summed E-state index contributed by atoms with van der Waals surface area (Å²) in [4.78, 5) is 29.3. The van der Waals surface area contributed by atoms with E-state index in [1.54, 1.807) is 18.3 Å². The van der Waals surface area contributed by atoms with E-state index in [4.69, 9.17) is 16.3 Å². The molecule has 0 radical (unpaired) electrons. The van der Waals surface area contributed by atoms with Crippen molar-refractivity contribution >= 4 is 29.5 Å². The van der Waals surface area contributed by atoms with Crippen LogP contribution >= 0.6 is 11.6 Å². The highest BCUT2D eigenvalue weighted by Gasteiger charge is 2.40. The highest BCUT2D eigenvalue weighted by molar-refractivity contribution is 6.32. The van der Waals surface area contributed by atoms with Crippen LogP contribution in [0.3, 0.4) is 0 Å². The predicted molar refractivity (Wildman–Crippen MR) is 110 cm³/mol. The lowest BCUT2D eigenvalue weighted by molar-refractivity contribution is -0.135. The Morgan fingerprint density at radius 3 is 2.86 bits per heavy atom. The molecule has 150 valence electrons. The molecule has 2 aromatic rings. The molecule has 3 unspecified atom stereocenters. The Morgan fingerprint density at radius 2 is 2.07 bits per heavy atom. The number of rotatable bonds is 4. The van der Waals surface area contributed by atoms with Gasteiger partial charge in [0, 0.05) is 17.1 Å². The van der Waals surface area contributed by atoms with E-state index in [9.17, 15) is 9.59 Å². The normalized spacial score (nSPS) is 24.9. The highest BCUT2D eigenvalue weighted by atomic mass is 35.5. The van der Waals surface area contributed by atoms with Crippen molar-refractivity contribution in [1.29, 1.82) is 0 Å². The van der Waals surface area contributed by atoms with Crippen LogP contribution in [0.2, 0.25) is 5.02 Å². The Bertz CT molecular complexity index is 932. The average Bonchev–Trinajstić information content (AvgIpc) is 2.74. The first-order valence-corrected chi connectivity index (χ1v) is 10.1. The molecule has 0 bridgehead atoms. The van der Waals surface area contributed by atoms with Crippen molar-refractivity contribution in [2.75, 3.05) is 0 Å². The smallest absolute Gasteiger partial charge is 0.286 e. The van der Waals surface area contributed by atoms with Crippen molar-refractivity contribution in [1.82, 2.24) is 15.6 Å². The number of nitrogens with zero attached hydrogens (tertiary/aromatic N) is 1. The van der Waals surface area contributed by atoms with Crippen molar-refractivity contribution in [2.24, 2.45) is 5.92 Å². The predicted octanol–water partition coefficient (Wildman–Crippen LogP) is 3.08. The summed E-state index contributed by atoms with van der Waals surface area (Å²) in [6, 6.07) is 12.7. The van der Waals surface area contributed by atoms with Gasteiger partial charge in [-0.2, -0.15) is 0 Å². The van der Waals surface area contributed by atoms with Crippen LogP contribution < -0.4 is 10.6 Å². The molecule has 1 aliphatic heterocycles. The monoisotopic (exact) mass is 411 g/mol. The van der Waals surface area contributed by atoms with E-state index < -0.39 is 0 Å². The number of hydrogen-bond acceptors (Lipinski definition) is 4. The highest BCUT2D eigenvalue weighted by Crippen LogP contribution is 2.32. The zero-order valence-corrected chi connectivity index (χ0v) is 16.6. The number of carbonyl (C=O) groups is 2. The number of pyridine rings is 1. The molecule has 1 aromatic carbocycles. The maximum Gasteiger partial charge on any atom is 0.286 e. The first-order chi connectivity index (χ1) is 14.1. The maximum absolute atomic E-state index is 12.6. The van der Waals surface area contributed by atoms with Crippen LogP contribution in [0, 0.1) is 5.92 Å². The van der Waals surface area contributed by atoms with Gasteiger partial charge in [0.2, 0.25) is 5.91 Å². The van der Waals surface area contributed by atoms with E-state index in [0.717, 1.165) is 11.3 Å². The molecule has 1 aromatic heterocycles. The van der Waals surface area contributed by atoms with E-state index in [1.165, 1.54) is 0 Å². The van der Waals surface area contributed by atoms with Gasteiger partial charge >= 0.3 is 0 Å². The second-order valence-electron chi connectivity index (χ2n) is 7.32. The lowest BCUT2D eigenvalue weighted by Gasteiger charge is -2.39. The Labute approximate surface area is 174 Å². The van der Waals surface area contributed by atoms with Crippen LogP contribution in [0.25, 0.3) is 6.08 Å². The van der Waals surface area contributed by atoms with Crippen LogP contribution in [0.15, 0.2) is 54.4 Å². The molecule has 2 aliphatic rings. The fourth-order valence-corrected chi connectivity index (χ4v) is 3.98. The molecule has 2 amide bonds. The van der Waals surface area contributed by atoms with Crippen LogP contribution in [-0.2, 0) is 20.9 Å². The molecule has 3 atom stereocenters. The molecule has 1 saturated carbocycles. The summed E-state index contributed by atoms with van der Waals surface area (Å²) in [6.07, 6.45) is 5.21. The van der Waals surface area contributed by atoms with Crippen molar-refractivity contribution < 1.29 is 14.3 Å². The zero-order chi connectivity index (χ0) is 20.2. The molecule has 2 fully saturated rings. The molecule has 4 rings (SSSR count). The summed E-state index contributed by atoms with van der Waals surface area (Å²) in [7, 11) is 0. The number of aromatic nitrogens is 1. The maximum atomic E-state index is 12.6. The van der Waals surface area contributed by atoms with E-state index >= 15 is 0 Å². The minimum atomic E-state index is -0.277. The van der Waals surface area contributed by atoms with Gasteiger partial charge in [0.25, 0.3) is 5.91 Å². The van der Waals surface area contributed by atoms with Gasteiger partial charge in [0.1, 0.15) is 6.10 Å². The summed E-state index contributed by atoms with van der Waals surface area (Å²) < 4.78 is 5.97. The minimum Gasteiger partial charge on any atom is -0.483 e. The van der Waals surface area contributed by atoms with E-state index in [0.29, 0.717) is 30.8 Å². The number of nitrogens with one attached hydrogen (secondary N) is 2. The Morgan fingerprint density at radius 1 is 1.24 bits per heavy atom. The number of morpholine rings is 1. The molecule has 2 N–H and O–H groups in total. The van der Waals surface area contributed by atoms with Crippen molar-refractivity contribution in [3.8, 4) is 0 Å². The van der Waals surface area contributed by atoms with Gasteiger partial charge in [-0.05, 0) is 49.1 Å². The standard InChI is InChI=1S/C22H22ClN3O3/c23-17-7-2-1-5-14(17)12-20-22(28)26-18-11-15(8-9-19(18)29-20)21(27)25-13-16-6-3-4-10-24-16/h1-7,10,12,15,18-19H,8-9,11,13H2,(H,25,27)(H,26,28)/b20-12-. The number of ether oxygens (including phenoxy) is 1. The van der Waals surface area contributed by atoms with E-state index in [1.807, 2.05) is 36.4 Å². The average molecular weight is 412 g/mol. The van der Waals surface area contributed by atoms with Crippen LogP contribution in [0.1, 0.15) is 30.5 Å². The largest absolute Gasteiger partial charge is 0.483 e. The van der Waals surface area contributed by atoms with Gasteiger partial charge in [-0.3, -0.25) is 14.6 Å². The fraction of sp³-hybridized carbons (Fsp3) is 0.318. The number of hydrogen-bond donors (Lipinski definition) is 2. The fourth-order valence-electron chi connectivity index (χ4n) is 3.79.